The summed E-state index contributed by atoms with van der Waals surface area (Å²) in [5.74, 6) is -0.733. The number of unbranched alkanes of at least 4 members (excludes halogenated alkanes) is 8. The molecule has 1 rings (SSSR count). The van der Waals surface area contributed by atoms with E-state index in [4.69, 9.17) is 9.78 Å². The number of hydrogen-bond donors (Lipinski definition) is 1. The fraction of sp³-hybridized carbons (Fsp3) is 0.682. The fourth-order valence-electron chi connectivity index (χ4n) is 3.05. The van der Waals surface area contributed by atoms with Crippen LogP contribution in [0.2, 0.25) is 0 Å². The zero-order valence-corrected chi connectivity index (χ0v) is 16.5. The van der Waals surface area contributed by atoms with Crippen LogP contribution in [0, 0.1) is 0 Å². The highest BCUT2D eigenvalue weighted by Gasteiger charge is 2.16. The normalized spacial score (nSPS) is 12.1. The molecule has 0 amide bonds. The van der Waals surface area contributed by atoms with E-state index < -0.39 is 5.97 Å². The standard InChI is InChI=1S/C22H36O4/c1-3-5-6-7-8-9-10-11-12-16-19(15-4-2)25-26-22(24)20-17-13-14-18-21(20)23/h13-14,17-19,23H,3-12,15-16H2,1-2H3. The molecule has 0 bridgehead atoms. The Labute approximate surface area is 158 Å². The van der Waals surface area contributed by atoms with Crippen molar-refractivity contribution in [2.45, 2.75) is 97.0 Å². The van der Waals surface area contributed by atoms with Gasteiger partial charge in [-0.25, -0.2) is 4.79 Å². The molecule has 0 aromatic heterocycles. The molecule has 0 aliphatic heterocycles. The Morgan fingerprint density at radius 2 is 1.50 bits per heavy atom. The molecule has 0 fully saturated rings. The minimum absolute atomic E-state index is 0.0700. The molecule has 1 aromatic rings. The van der Waals surface area contributed by atoms with E-state index in [-0.39, 0.29) is 17.4 Å². The number of carbonyl (C=O) groups excluding carboxylic acids is 1. The summed E-state index contributed by atoms with van der Waals surface area (Å²) in [5, 5.41) is 9.69. The SMILES string of the molecule is CCCCCCCCCCCC(CCC)OOC(=O)c1ccccc1O. The van der Waals surface area contributed by atoms with E-state index in [1.807, 2.05) is 0 Å². The summed E-state index contributed by atoms with van der Waals surface area (Å²) in [7, 11) is 0. The lowest BCUT2D eigenvalue weighted by molar-refractivity contribution is -0.277. The summed E-state index contributed by atoms with van der Waals surface area (Å²) >= 11 is 0. The quantitative estimate of drug-likeness (QED) is 0.217. The van der Waals surface area contributed by atoms with Crippen molar-refractivity contribution in [3.8, 4) is 5.75 Å². The first kappa shape index (κ1) is 22.5. The van der Waals surface area contributed by atoms with E-state index in [9.17, 15) is 9.90 Å². The Balaban J connectivity index is 2.19. The van der Waals surface area contributed by atoms with Crippen molar-refractivity contribution in [3.05, 3.63) is 29.8 Å². The summed E-state index contributed by atoms with van der Waals surface area (Å²) in [6.07, 6.45) is 14.3. The highest BCUT2D eigenvalue weighted by atomic mass is 17.2. The second kappa shape index (κ2) is 14.6. The molecule has 0 spiro atoms. The molecule has 4 heteroatoms. The molecule has 148 valence electrons. The lowest BCUT2D eigenvalue weighted by Crippen LogP contribution is -2.17. The maximum absolute atomic E-state index is 12.0. The number of phenolic OH excluding ortho intramolecular Hbond substituents is 1. The Hall–Kier alpha value is -1.55. The van der Waals surface area contributed by atoms with Gasteiger partial charge in [-0.15, -0.1) is 0 Å². The topological polar surface area (TPSA) is 55.8 Å². The number of hydrogen-bond acceptors (Lipinski definition) is 4. The zero-order chi connectivity index (χ0) is 19.0. The molecule has 0 aliphatic carbocycles. The number of aromatic hydroxyl groups is 1. The van der Waals surface area contributed by atoms with E-state index in [0.717, 1.165) is 25.7 Å². The van der Waals surface area contributed by atoms with Gasteiger partial charge < -0.3 is 5.11 Å². The van der Waals surface area contributed by atoms with Crippen LogP contribution in [0.3, 0.4) is 0 Å². The van der Waals surface area contributed by atoms with Crippen LogP contribution in [-0.4, -0.2) is 17.2 Å². The Morgan fingerprint density at radius 1 is 0.885 bits per heavy atom. The molecule has 1 atom stereocenters. The van der Waals surface area contributed by atoms with Gasteiger partial charge in [0.15, 0.2) is 0 Å². The van der Waals surface area contributed by atoms with Crippen LogP contribution in [0.4, 0.5) is 0 Å². The monoisotopic (exact) mass is 364 g/mol. The third-order valence-corrected chi connectivity index (χ3v) is 4.62. The van der Waals surface area contributed by atoms with Crippen LogP contribution in [0.15, 0.2) is 24.3 Å². The van der Waals surface area contributed by atoms with Gasteiger partial charge >= 0.3 is 5.97 Å². The minimum Gasteiger partial charge on any atom is -0.507 e. The molecule has 4 nitrogen and oxygen atoms in total. The van der Waals surface area contributed by atoms with Crippen molar-refractivity contribution in [1.82, 2.24) is 0 Å². The van der Waals surface area contributed by atoms with Gasteiger partial charge in [0, 0.05) is 0 Å². The Kier molecular flexibility index (Phi) is 12.6. The van der Waals surface area contributed by atoms with E-state index in [1.54, 1.807) is 12.1 Å². The molecule has 0 saturated carbocycles. The molecular weight excluding hydrogens is 328 g/mol. The van der Waals surface area contributed by atoms with Crippen molar-refractivity contribution in [3.63, 3.8) is 0 Å². The number of carbonyl (C=O) groups is 1. The second-order valence-electron chi connectivity index (χ2n) is 7.01. The van der Waals surface area contributed by atoms with E-state index in [0.29, 0.717) is 0 Å². The maximum Gasteiger partial charge on any atom is 0.376 e. The summed E-state index contributed by atoms with van der Waals surface area (Å²) < 4.78 is 0. The van der Waals surface area contributed by atoms with Crippen LogP contribution >= 0.6 is 0 Å². The molecular formula is C22H36O4. The van der Waals surface area contributed by atoms with Crippen molar-refractivity contribution >= 4 is 5.97 Å². The van der Waals surface area contributed by atoms with Crippen molar-refractivity contribution in [2.24, 2.45) is 0 Å². The number of rotatable bonds is 15. The molecule has 1 N–H and O–H groups in total. The lowest BCUT2D eigenvalue weighted by atomic mass is 10.0. The maximum atomic E-state index is 12.0. The Morgan fingerprint density at radius 3 is 2.12 bits per heavy atom. The molecule has 0 aliphatic rings. The fourth-order valence-corrected chi connectivity index (χ4v) is 3.05. The third kappa shape index (κ3) is 9.81. The first-order chi connectivity index (χ1) is 12.7. The van der Waals surface area contributed by atoms with Crippen LogP contribution in [0.25, 0.3) is 0 Å². The van der Waals surface area contributed by atoms with Gasteiger partial charge in [0.2, 0.25) is 0 Å². The molecule has 1 unspecified atom stereocenters. The van der Waals surface area contributed by atoms with Gasteiger partial charge in [-0.3, -0.25) is 4.89 Å². The second-order valence-corrected chi connectivity index (χ2v) is 7.01. The van der Waals surface area contributed by atoms with E-state index >= 15 is 0 Å². The first-order valence-corrected chi connectivity index (χ1v) is 10.3. The lowest BCUT2D eigenvalue weighted by Gasteiger charge is -2.15. The summed E-state index contributed by atoms with van der Waals surface area (Å²) in [6, 6.07) is 6.33. The summed E-state index contributed by atoms with van der Waals surface area (Å²) in [6.45, 7) is 4.34. The molecule has 0 radical (unpaired) electrons. The smallest absolute Gasteiger partial charge is 0.376 e. The average molecular weight is 365 g/mol. The Bertz CT molecular complexity index is 487. The van der Waals surface area contributed by atoms with Crippen molar-refractivity contribution in [2.75, 3.05) is 0 Å². The number of para-hydroxylation sites is 1. The predicted octanol–water partition coefficient (Wildman–Crippen LogP) is 6.57. The van der Waals surface area contributed by atoms with Crippen molar-refractivity contribution < 1.29 is 19.7 Å². The largest absolute Gasteiger partial charge is 0.507 e. The molecule has 0 saturated heterocycles. The summed E-state index contributed by atoms with van der Waals surface area (Å²) in [5.41, 5.74) is 0.130. The van der Waals surface area contributed by atoms with Gasteiger partial charge in [0.25, 0.3) is 0 Å². The number of phenols is 1. The van der Waals surface area contributed by atoms with Gasteiger partial charge in [0.05, 0.1) is 0 Å². The third-order valence-electron chi connectivity index (χ3n) is 4.62. The predicted molar refractivity (Wildman–Crippen MR) is 105 cm³/mol. The van der Waals surface area contributed by atoms with Crippen LogP contribution in [0.1, 0.15) is 101 Å². The van der Waals surface area contributed by atoms with Gasteiger partial charge in [0.1, 0.15) is 17.4 Å². The highest BCUT2D eigenvalue weighted by molar-refractivity contribution is 5.91. The minimum atomic E-state index is -0.642. The van der Waals surface area contributed by atoms with Crippen LogP contribution < -0.4 is 0 Å². The average Bonchev–Trinajstić information content (AvgIpc) is 2.64. The van der Waals surface area contributed by atoms with Crippen LogP contribution in [0.5, 0.6) is 5.75 Å². The number of benzene rings is 1. The highest BCUT2D eigenvalue weighted by Crippen LogP contribution is 2.19. The van der Waals surface area contributed by atoms with Gasteiger partial charge in [-0.05, 0) is 25.0 Å². The zero-order valence-electron chi connectivity index (χ0n) is 16.5. The van der Waals surface area contributed by atoms with E-state index in [2.05, 4.69) is 13.8 Å². The van der Waals surface area contributed by atoms with E-state index in [1.165, 1.54) is 63.5 Å². The molecule has 26 heavy (non-hydrogen) atoms. The first-order valence-electron chi connectivity index (χ1n) is 10.3. The molecule has 0 heterocycles. The van der Waals surface area contributed by atoms with Gasteiger partial charge in [-0.1, -0.05) is 90.2 Å². The molecule has 1 aromatic carbocycles. The van der Waals surface area contributed by atoms with Crippen molar-refractivity contribution in [1.29, 1.82) is 0 Å². The van der Waals surface area contributed by atoms with Gasteiger partial charge in [-0.2, -0.15) is 4.89 Å². The summed E-state index contributed by atoms with van der Waals surface area (Å²) in [4.78, 5) is 22.3. The van der Waals surface area contributed by atoms with Crippen LogP contribution in [-0.2, 0) is 9.78 Å².